The van der Waals surface area contributed by atoms with Crippen molar-refractivity contribution in [3.8, 4) is 0 Å². The predicted molar refractivity (Wildman–Crippen MR) is 200 cm³/mol. The van der Waals surface area contributed by atoms with Crippen molar-refractivity contribution in [3.05, 3.63) is 0 Å². The number of nitrogens with two attached hydrogens (primary N) is 5. The predicted octanol–water partition coefficient (Wildman–Crippen LogP) is -1.91. The van der Waals surface area contributed by atoms with Crippen LogP contribution in [-0.2, 0) is 0 Å². The molecule has 13 heteroatoms. The Morgan fingerprint density at radius 1 is 0.478 bits per heavy atom. The lowest BCUT2D eigenvalue weighted by Crippen LogP contribution is -2.56. The Balaban J connectivity index is 5.25. The van der Waals surface area contributed by atoms with Crippen LogP contribution >= 0.6 is 0 Å². The minimum atomic E-state index is -0.128. The molecule has 0 bridgehead atoms. The fourth-order valence-electron chi connectivity index (χ4n) is 6.00. The molecular formula is C33H81N13. The second-order valence-corrected chi connectivity index (χ2v) is 12.9. The van der Waals surface area contributed by atoms with Crippen molar-refractivity contribution in [3.63, 3.8) is 0 Å². The molecule has 0 aromatic rings. The van der Waals surface area contributed by atoms with E-state index in [4.69, 9.17) is 28.7 Å². The summed E-state index contributed by atoms with van der Waals surface area (Å²) >= 11 is 0. The first-order valence-corrected chi connectivity index (χ1v) is 18.5. The van der Waals surface area contributed by atoms with E-state index >= 15 is 0 Å². The van der Waals surface area contributed by atoms with Crippen LogP contribution in [0.4, 0.5) is 0 Å². The summed E-state index contributed by atoms with van der Waals surface area (Å²) in [4.78, 5) is 10.2. The summed E-state index contributed by atoms with van der Waals surface area (Å²) in [5, 5.41) is 14.1. The minimum absolute atomic E-state index is 0.0333. The fourth-order valence-corrected chi connectivity index (χ4v) is 6.00. The highest BCUT2D eigenvalue weighted by Gasteiger charge is 2.31. The molecular weight excluding hydrogens is 578 g/mol. The van der Waals surface area contributed by atoms with Crippen molar-refractivity contribution in [1.29, 1.82) is 0 Å². The van der Waals surface area contributed by atoms with Crippen LogP contribution in [0.15, 0.2) is 0 Å². The quantitative estimate of drug-likeness (QED) is 0.0343. The van der Waals surface area contributed by atoms with Crippen LogP contribution in [0, 0.1) is 0 Å². The van der Waals surface area contributed by atoms with Crippen LogP contribution in [0.2, 0.25) is 0 Å². The van der Waals surface area contributed by atoms with E-state index in [-0.39, 0.29) is 11.1 Å². The molecule has 0 aliphatic carbocycles. The molecule has 0 unspecified atom stereocenters. The summed E-state index contributed by atoms with van der Waals surface area (Å²) in [6.45, 7) is 28.8. The summed E-state index contributed by atoms with van der Waals surface area (Å²) in [5.74, 6) is 0. The lowest BCUT2D eigenvalue weighted by molar-refractivity contribution is 0.0886. The van der Waals surface area contributed by atoms with Crippen molar-refractivity contribution in [2.24, 2.45) is 28.7 Å². The van der Waals surface area contributed by atoms with E-state index < -0.39 is 0 Å². The van der Waals surface area contributed by atoms with E-state index in [9.17, 15) is 0 Å². The molecule has 0 radical (unpaired) electrons. The van der Waals surface area contributed by atoms with E-state index in [0.717, 1.165) is 143 Å². The standard InChI is InChI=1S/C33H81N13/c1-6-32(38,7-2)31-42-17-24-45(28-26-43(19-11-35)21-14-39-5)29-27-44(22-15-40-13-10-34)23-16-41-18-25-46(20-12-36)33(8-3,9-4)30-37/h39-42H,6-31,34-38H2,1-5H3. The van der Waals surface area contributed by atoms with Gasteiger partial charge >= 0.3 is 0 Å². The Labute approximate surface area is 284 Å². The van der Waals surface area contributed by atoms with Crippen molar-refractivity contribution < 1.29 is 0 Å². The van der Waals surface area contributed by atoms with Crippen molar-refractivity contribution in [2.75, 3.05) is 151 Å². The van der Waals surface area contributed by atoms with Gasteiger partial charge in [-0.2, -0.15) is 0 Å². The van der Waals surface area contributed by atoms with Crippen molar-refractivity contribution in [1.82, 2.24) is 40.9 Å². The average Bonchev–Trinajstić information content (AvgIpc) is 3.08. The minimum Gasteiger partial charge on any atom is -0.329 e. The molecule has 0 rings (SSSR count). The van der Waals surface area contributed by atoms with E-state index in [1.54, 1.807) is 0 Å². The highest BCUT2D eigenvalue weighted by atomic mass is 15.2. The zero-order valence-electron chi connectivity index (χ0n) is 31.1. The van der Waals surface area contributed by atoms with E-state index in [1.165, 1.54) is 0 Å². The molecule has 0 saturated carbocycles. The molecule has 0 aromatic carbocycles. The first-order valence-electron chi connectivity index (χ1n) is 18.5. The molecule has 0 saturated heterocycles. The Kier molecular flexibility index (Phi) is 29.1. The number of hydrogen-bond donors (Lipinski definition) is 9. The Morgan fingerprint density at radius 3 is 1.39 bits per heavy atom. The fraction of sp³-hybridized carbons (Fsp3) is 1.00. The number of rotatable bonds is 35. The molecule has 0 aliphatic heterocycles. The van der Waals surface area contributed by atoms with Crippen LogP contribution in [-0.4, -0.2) is 182 Å². The third kappa shape index (κ3) is 20.1. The SMILES string of the molecule is CCC(N)(CC)CNCCN(CCN(CCN)CCNC)CCN(CCNCCN)CCNCCN(CCN)C(CC)(CC)CN. The van der Waals surface area contributed by atoms with Gasteiger partial charge in [-0.05, 0) is 32.7 Å². The molecule has 46 heavy (non-hydrogen) atoms. The van der Waals surface area contributed by atoms with Gasteiger partial charge < -0.3 is 49.9 Å². The smallest absolute Gasteiger partial charge is 0.0327 e. The molecule has 278 valence electrons. The molecule has 0 aromatic heterocycles. The summed E-state index contributed by atoms with van der Waals surface area (Å²) in [6.07, 6.45) is 4.05. The molecule has 13 nitrogen and oxygen atoms in total. The van der Waals surface area contributed by atoms with Crippen LogP contribution < -0.4 is 49.9 Å². The number of likely N-dealkylation sites (N-methyl/N-ethyl adjacent to an activating group) is 1. The van der Waals surface area contributed by atoms with Crippen LogP contribution in [0.25, 0.3) is 0 Å². The maximum atomic E-state index is 6.56. The zero-order chi connectivity index (χ0) is 34.5. The number of nitrogens with zero attached hydrogens (tertiary/aromatic N) is 4. The van der Waals surface area contributed by atoms with Gasteiger partial charge in [-0.15, -0.1) is 0 Å². The molecule has 0 heterocycles. The Bertz CT molecular complexity index is 641. The Hall–Kier alpha value is -0.520. The van der Waals surface area contributed by atoms with Crippen molar-refractivity contribution >= 4 is 0 Å². The van der Waals surface area contributed by atoms with Crippen LogP contribution in [0.3, 0.4) is 0 Å². The molecule has 14 N–H and O–H groups in total. The Morgan fingerprint density at radius 2 is 0.935 bits per heavy atom. The lowest BCUT2D eigenvalue weighted by atomic mass is 9.90. The van der Waals surface area contributed by atoms with Gasteiger partial charge in [0.1, 0.15) is 0 Å². The highest BCUT2D eigenvalue weighted by molar-refractivity contribution is 4.90. The van der Waals surface area contributed by atoms with Crippen molar-refractivity contribution in [2.45, 2.75) is 64.5 Å². The van der Waals surface area contributed by atoms with Gasteiger partial charge in [-0.25, -0.2) is 0 Å². The second-order valence-electron chi connectivity index (χ2n) is 12.9. The average molecular weight is 660 g/mol. The first kappa shape index (κ1) is 45.5. The van der Waals surface area contributed by atoms with Gasteiger partial charge in [0.15, 0.2) is 0 Å². The number of hydrogen-bond acceptors (Lipinski definition) is 13. The van der Waals surface area contributed by atoms with E-state index in [0.29, 0.717) is 26.2 Å². The lowest BCUT2D eigenvalue weighted by Gasteiger charge is -2.42. The van der Waals surface area contributed by atoms with E-state index in [1.807, 2.05) is 7.05 Å². The maximum absolute atomic E-state index is 6.56. The van der Waals surface area contributed by atoms with Crippen LogP contribution in [0.5, 0.6) is 0 Å². The zero-order valence-corrected chi connectivity index (χ0v) is 31.1. The molecule has 0 atom stereocenters. The van der Waals surface area contributed by atoms with E-state index in [2.05, 4.69) is 68.6 Å². The van der Waals surface area contributed by atoms with Gasteiger partial charge in [-0.3, -0.25) is 19.6 Å². The monoisotopic (exact) mass is 660 g/mol. The topological polar surface area (TPSA) is 191 Å². The molecule has 0 spiro atoms. The third-order valence-corrected chi connectivity index (χ3v) is 9.93. The summed E-state index contributed by atoms with van der Waals surface area (Å²) < 4.78 is 0. The van der Waals surface area contributed by atoms with Crippen LogP contribution in [0.1, 0.15) is 53.4 Å². The first-order chi connectivity index (χ1) is 22.3. The van der Waals surface area contributed by atoms with Gasteiger partial charge in [-0.1, -0.05) is 27.7 Å². The van der Waals surface area contributed by atoms with Gasteiger partial charge in [0, 0.05) is 155 Å². The molecule has 0 aliphatic rings. The normalized spacial score (nSPS) is 12.9. The second kappa shape index (κ2) is 29.4. The van der Waals surface area contributed by atoms with Gasteiger partial charge in [0.25, 0.3) is 0 Å². The number of nitrogens with one attached hydrogen (secondary N) is 4. The highest BCUT2D eigenvalue weighted by Crippen LogP contribution is 2.22. The summed E-state index contributed by atoms with van der Waals surface area (Å²) in [5.41, 5.74) is 30.4. The summed E-state index contributed by atoms with van der Waals surface area (Å²) in [7, 11) is 2.01. The maximum Gasteiger partial charge on any atom is 0.0327 e. The molecule has 0 fully saturated rings. The third-order valence-electron chi connectivity index (χ3n) is 9.93. The largest absolute Gasteiger partial charge is 0.329 e. The van der Waals surface area contributed by atoms with Gasteiger partial charge in [0.2, 0.25) is 0 Å². The summed E-state index contributed by atoms with van der Waals surface area (Å²) in [6, 6.07) is 0. The van der Waals surface area contributed by atoms with Gasteiger partial charge in [0.05, 0.1) is 0 Å². The molecule has 0 amide bonds.